The summed E-state index contributed by atoms with van der Waals surface area (Å²) in [6, 6.07) is 17.3. The van der Waals surface area contributed by atoms with Crippen LogP contribution in [0, 0.1) is 6.92 Å². The zero-order valence-electron chi connectivity index (χ0n) is 18.7. The Hall–Kier alpha value is -3.03. The monoisotopic (exact) mass is 522 g/mol. The maximum Gasteiger partial charge on any atom is 0.340 e. The SMILES string of the molecule is COC(=O)c1cc(C(C)C)sc1NC(=O)c1cc(-c2cccc(C)c2)nc2ccc(Br)cc12. The third-order valence-corrected chi connectivity index (χ3v) is 7.13. The van der Waals surface area contributed by atoms with Gasteiger partial charge in [-0.15, -0.1) is 11.3 Å². The molecule has 4 aromatic rings. The minimum atomic E-state index is -0.476. The summed E-state index contributed by atoms with van der Waals surface area (Å²) in [5.41, 5.74) is 4.30. The summed E-state index contributed by atoms with van der Waals surface area (Å²) in [7, 11) is 1.34. The van der Waals surface area contributed by atoms with Gasteiger partial charge < -0.3 is 10.1 Å². The fraction of sp³-hybridized carbons (Fsp3) is 0.192. The molecule has 2 aromatic heterocycles. The third kappa shape index (κ3) is 4.84. The summed E-state index contributed by atoms with van der Waals surface area (Å²) in [6.45, 7) is 6.10. The number of aryl methyl sites for hydroxylation is 1. The number of thiophene rings is 1. The number of benzene rings is 2. The number of anilines is 1. The maximum absolute atomic E-state index is 13.5. The molecule has 0 atom stereocenters. The van der Waals surface area contributed by atoms with Crippen LogP contribution in [0.1, 0.15) is 50.9 Å². The van der Waals surface area contributed by atoms with Crippen molar-refractivity contribution in [1.82, 2.24) is 4.98 Å². The summed E-state index contributed by atoms with van der Waals surface area (Å²) in [4.78, 5) is 31.7. The van der Waals surface area contributed by atoms with Gasteiger partial charge in [-0.2, -0.15) is 0 Å². The number of aromatic nitrogens is 1. The van der Waals surface area contributed by atoms with E-state index < -0.39 is 5.97 Å². The van der Waals surface area contributed by atoms with Crippen molar-refractivity contribution >= 4 is 55.0 Å². The molecule has 0 spiro atoms. The van der Waals surface area contributed by atoms with Crippen molar-refractivity contribution in [1.29, 1.82) is 0 Å². The first kappa shape index (κ1) is 23.1. The van der Waals surface area contributed by atoms with Crippen LogP contribution in [-0.2, 0) is 4.74 Å². The van der Waals surface area contributed by atoms with Gasteiger partial charge in [-0.25, -0.2) is 9.78 Å². The molecule has 2 heterocycles. The second-order valence-corrected chi connectivity index (χ2v) is 10.1. The Bertz CT molecular complexity index is 1380. The van der Waals surface area contributed by atoms with Gasteiger partial charge in [0.1, 0.15) is 5.00 Å². The lowest BCUT2D eigenvalue weighted by Crippen LogP contribution is -2.14. The minimum absolute atomic E-state index is 0.217. The smallest absolute Gasteiger partial charge is 0.340 e. The van der Waals surface area contributed by atoms with E-state index in [9.17, 15) is 9.59 Å². The Labute approximate surface area is 204 Å². The van der Waals surface area contributed by atoms with Crippen molar-refractivity contribution in [3.05, 3.63) is 80.6 Å². The molecular formula is C26H23BrN2O3S. The largest absolute Gasteiger partial charge is 0.465 e. The average Bonchev–Trinajstić information content (AvgIpc) is 3.22. The Kier molecular flexibility index (Phi) is 6.63. The number of fused-ring (bicyclic) bond motifs is 1. The molecule has 5 nitrogen and oxygen atoms in total. The van der Waals surface area contributed by atoms with Gasteiger partial charge in [0.15, 0.2) is 0 Å². The lowest BCUT2D eigenvalue weighted by atomic mass is 10.0. The van der Waals surface area contributed by atoms with Crippen LogP contribution in [-0.4, -0.2) is 24.0 Å². The highest BCUT2D eigenvalue weighted by atomic mass is 79.9. The highest BCUT2D eigenvalue weighted by Crippen LogP contribution is 2.35. The first-order chi connectivity index (χ1) is 15.8. The number of hydrogen-bond donors (Lipinski definition) is 1. The molecule has 0 aliphatic carbocycles. The van der Waals surface area contributed by atoms with Crippen LogP contribution in [0.2, 0.25) is 0 Å². The maximum atomic E-state index is 13.5. The first-order valence-electron chi connectivity index (χ1n) is 10.5. The zero-order chi connectivity index (χ0) is 23.7. The van der Waals surface area contributed by atoms with Crippen molar-refractivity contribution in [2.45, 2.75) is 26.7 Å². The number of carbonyl (C=O) groups excluding carboxylic acids is 2. The molecule has 7 heteroatoms. The van der Waals surface area contributed by atoms with Crippen LogP contribution in [0.5, 0.6) is 0 Å². The van der Waals surface area contributed by atoms with Crippen LogP contribution in [0.4, 0.5) is 5.00 Å². The summed E-state index contributed by atoms with van der Waals surface area (Å²) < 4.78 is 5.78. The number of rotatable bonds is 5. The van der Waals surface area contributed by atoms with Crippen LogP contribution >= 0.6 is 27.3 Å². The second kappa shape index (κ2) is 9.45. The van der Waals surface area contributed by atoms with Gasteiger partial charge in [-0.1, -0.05) is 53.5 Å². The van der Waals surface area contributed by atoms with E-state index in [4.69, 9.17) is 9.72 Å². The molecule has 0 aliphatic heterocycles. The van der Waals surface area contributed by atoms with Crippen molar-refractivity contribution in [3.8, 4) is 11.3 Å². The summed E-state index contributed by atoms with van der Waals surface area (Å²) in [5, 5.41) is 4.15. The van der Waals surface area contributed by atoms with Crippen LogP contribution in [0.15, 0.2) is 59.1 Å². The second-order valence-electron chi connectivity index (χ2n) is 8.08. The summed E-state index contributed by atoms with van der Waals surface area (Å²) in [5.74, 6) is -0.567. The molecule has 0 bridgehead atoms. The van der Waals surface area contributed by atoms with Gasteiger partial charge in [0.05, 0.1) is 29.4 Å². The molecule has 33 heavy (non-hydrogen) atoms. The van der Waals surface area contributed by atoms with Crippen molar-refractivity contribution in [2.24, 2.45) is 0 Å². The number of halogens is 1. The molecule has 0 saturated heterocycles. The Balaban J connectivity index is 1.83. The number of ether oxygens (including phenoxy) is 1. The number of esters is 1. The number of amides is 1. The first-order valence-corrected chi connectivity index (χ1v) is 12.1. The van der Waals surface area contributed by atoms with E-state index in [0.29, 0.717) is 27.3 Å². The van der Waals surface area contributed by atoms with Gasteiger partial charge in [0.2, 0.25) is 0 Å². The highest BCUT2D eigenvalue weighted by molar-refractivity contribution is 9.10. The summed E-state index contributed by atoms with van der Waals surface area (Å²) in [6.07, 6.45) is 0. The molecule has 4 rings (SSSR count). The van der Waals surface area contributed by atoms with Gasteiger partial charge in [-0.05, 0) is 49.2 Å². The molecule has 0 fully saturated rings. The fourth-order valence-corrected chi connectivity index (χ4v) is 4.96. The Morgan fingerprint density at radius 3 is 2.55 bits per heavy atom. The normalized spacial score (nSPS) is 11.1. The van der Waals surface area contributed by atoms with Gasteiger partial charge in [0, 0.05) is 20.3 Å². The van der Waals surface area contributed by atoms with E-state index in [-0.39, 0.29) is 11.8 Å². The molecule has 0 unspecified atom stereocenters. The lowest BCUT2D eigenvalue weighted by Gasteiger charge is -2.11. The van der Waals surface area contributed by atoms with E-state index in [2.05, 4.69) is 21.2 Å². The molecule has 1 N–H and O–H groups in total. The summed E-state index contributed by atoms with van der Waals surface area (Å²) >= 11 is 4.88. The van der Waals surface area contributed by atoms with Crippen LogP contribution < -0.4 is 5.32 Å². The van der Waals surface area contributed by atoms with E-state index in [1.54, 1.807) is 12.1 Å². The molecule has 0 aliphatic rings. The van der Waals surface area contributed by atoms with Crippen molar-refractivity contribution in [3.63, 3.8) is 0 Å². The number of pyridine rings is 1. The molecule has 2 aromatic carbocycles. The average molecular weight is 523 g/mol. The van der Waals surface area contributed by atoms with Gasteiger partial charge >= 0.3 is 5.97 Å². The van der Waals surface area contributed by atoms with E-state index >= 15 is 0 Å². The molecule has 1 amide bonds. The molecular weight excluding hydrogens is 500 g/mol. The van der Waals surface area contributed by atoms with Crippen LogP contribution in [0.25, 0.3) is 22.2 Å². The number of nitrogens with zero attached hydrogens (tertiary/aromatic N) is 1. The minimum Gasteiger partial charge on any atom is -0.465 e. The quantitative estimate of drug-likeness (QED) is 0.281. The highest BCUT2D eigenvalue weighted by Gasteiger charge is 2.22. The van der Waals surface area contributed by atoms with Crippen molar-refractivity contribution in [2.75, 3.05) is 12.4 Å². The third-order valence-electron chi connectivity index (χ3n) is 5.28. The fourth-order valence-electron chi connectivity index (χ4n) is 3.56. The van der Waals surface area contributed by atoms with E-state index in [1.165, 1.54) is 18.4 Å². The number of hydrogen-bond acceptors (Lipinski definition) is 5. The molecule has 0 saturated carbocycles. The zero-order valence-corrected chi connectivity index (χ0v) is 21.1. The molecule has 168 valence electrons. The topological polar surface area (TPSA) is 68.3 Å². The predicted molar refractivity (Wildman–Crippen MR) is 137 cm³/mol. The van der Waals surface area contributed by atoms with E-state index in [0.717, 1.165) is 25.9 Å². The van der Waals surface area contributed by atoms with Gasteiger partial charge in [0.25, 0.3) is 5.91 Å². The number of nitrogens with one attached hydrogen (secondary N) is 1. The van der Waals surface area contributed by atoms with Gasteiger partial charge in [-0.3, -0.25) is 4.79 Å². The number of carbonyl (C=O) groups is 2. The molecule has 0 radical (unpaired) electrons. The Morgan fingerprint density at radius 2 is 1.85 bits per heavy atom. The standard InChI is InChI=1S/C26H23BrN2O3S/c1-14(2)23-13-20(26(31)32-4)25(33-23)29-24(30)19-12-22(16-7-5-6-15(3)10-16)28-21-9-8-17(27)11-18(19)21/h5-14H,1-4H3,(H,29,30). The van der Waals surface area contributed by atoms with Crippen molar-refractivity contribution < 1.29 is 14.3 Å². The van der Waals surface area contributed by atoms with Crippen LogP contribution in [0.3, 0.4) is 0 Å². The predicted octanol–water partition coefficient (Wildman–Crippen LogP) is 7.20. The number of methoxy groups -OCH3 is 1. The lowest BCUT2D eigenvalue weighted by molar-refractivity contribution is 0.0602. The Morgan fingerprint density at radius 1 is 1.06 bits per heavy atom. The van der Waals surface area contributed by atoms with E-state index in [1.807, 2.05) is 63.2 Å².